The molecule has 1 aliphatic rings. The number of rotatable bonds is 3. The lowest BCUT2D eigenvalue weighted by Gasteiger charge is -2.31. The van der Waals surface area contributed by atoms with Gasteiger partial charge in [0, 0.05) is 17.6 Å². The van der Waals surface area contributed by atoms with E-state index >= 15 is 0 Å². The molecular formula is C13H18N2O. The Morgan fingerprint density at radius 3 is 2.50 bits per heavy atom. The molecule has 3 nitrogen and oxygen atoms in total. The van der Waals surface area contributed by atoms with Gasteiger partial charge in [-0.25, -0.2) is 0 Å². The third kappa shape index (κ3) is 2.42. The average molecular weight is 218 g/mol. The second-order valence-electron chi connectivity index (χ2n) is 4.47. The lowest BCUT2D eigenvalue weighted by atomic mass is 9.80. The van der Waals surface area contributed by atoms with Crippen molar-refractivity contribution in [1.29, 1.82) is 0 Å². The summed E-state index contributed by atoms with van der Waals surface area (Å²) in [5.41, 5.74) is 7.82. The van der Waals surface area contributed by atoms with Crippen molar-refractivity contribution in [3.05, 3.63) is 29.8 Å². The average Bonchev–Trinajstić information content (AvgIpc) is 2.26. The number of carbonyl (C=O) groups is 1. The van der Waals surface area contributed by atoms with Crippen molar-refractivity contribution >= 4 is 11.6 Å². The molecule has 2 rings (SSSR count). The molecule has 0 radical (unpaired) electrons. The molecule has 0 spiro atoms. The zero-order chi connectivity index (χ0) is 11.5. The molecule has 0 heterocycles. The summed E-state index contributed by atoms with van der Waals surface area (Å²) in [5, 5.41) is 2.92. The largest absolute Gasteiger partial charge is 0.328 e. The summed E-state index contributed by atoms with van der Waals surface area (Å²) in [6.07, 6.45) is 2.66. The highest BCUT2D eigenvalue weighted by molar-refractivity contribution is 5.93. The van der Waals surface area contributed by atoms with Crippen LogP contribution >= 0.6 is 0 Å². The zero-order valence-corrected chi connectivity index (χ0v) is 9.57. The Morgan fingerprint density at radius 2 is 2.00 bits per heavy atom. The van der Waals surface area contributed by atoms with Crippen LogP contribution in [-0.4, -0.2) is 11.9 Å². The monoisotopic (exact) mass is 218 g/mol. The highest BCUT2D eigenvalue weighted by Crippen LogP contribution is 2.26. The van der Waals surface area contributed by atoms with Gasteiger partial charge in [0.2, 0.25) is 5.91 Å². The molecule has 1 aliphatic carbocycles. The second kappa shape index (κ2) is 4.66. The lowest BCUT2D eigenvalue weighted by Crippen LogP contribution is -2.42. The first-order valence-corrected chi connectivity index (χ1v) is 5.84. The fraction of sp³-hybridized carbons (Fsp3) is 0.462. The van der Waals surface area contributed by atoms with Gasteiger partial charge < -0.3 is 11.1 Å². The van der Waals surface area contributed by atoms with E-state index in [1.54, 1.807) is 0 Å². The van der Waals surface area contributed by atoms with Gasteiger partial charge in [-0.05, 0) is 37.0 Å². The van der Waals surface area contributed by atoms with Crippen LogP contribution in [0.25, 0.3) is 0 Å². The fourth-order valence-electron chi connectivity index (χ4n) is 1.94. The van der Waals surface area contributed by atoms with Crippen LogP contribution in [0.4, 0.5) is 5.69 Å². The van der Waals surface area contributed by atoms with Gasteiger partial charge in [-0.3, -0.25) is 4.79 Å². The molecule has 1 fully saturated rings. The van der Waals surface area contributed by atoms with E-state index in [0.29, 0.717) is 0 Å². The minimum atomic E-state index is 0.103. The molecular weight excluding hydrogens is 200 g/mol. The number of anilines is 1. The van der Waals surface area contributed by atoms with Gasteiger partial charge in [-0.15, -0.1) is 0 Å². The number of nitrogens with one attached hydrogen (secondary N) is 1. The van der Waals surface area contributed by atoms with Crippen molar-refractivity contribution in [3.8, 4) is 0 Å². The molecule has 3 heteroatoms. The van der Waals surface area contributed by atoms with Crippen molar-refractivity contribution in [2.24, 2.45) is 11.7 Å². The predicted molar refractivity (Wildman–Crippen MR) is 65.1 cm³/mol. The Kier molecular flexibility index (Phi) is 3.25. The lowest BCUT2D eigenvalue weighted by molar-refractivity contribution is -0.122. The Bertz CT molecular complexity index is 366. The topological polar surface area (TPSA) is 55.1 Å². The van der Waals surface area contributed by atoms with E-state index in [-0.39, 0.29) is 17.9 Å². The van der Waals surface area contributed by atoms with Gasteiger partial charge in [-0.1, -0.05) is 19.1 Å². The van der Waals surface area contributed by atoms with Gasteiger partial charge in [-0.2, -0.15) is 0 Å². The summed E-state index contributed by atoms with van der Waals surface area (Å²) in [7, 11) is 0. The summed E-state index contributed by atoms with van der Waals surface area (Å²) in [6.45, 7) is 2.11. The van der Waals surface area contributed by atoms with E-state index < -0.39 is 0 Å². The van der Waals surface area contributed by atoms with E-state index in [2.05, 4.69) is 12.2 Å². The zero-order valence-electron chi connectivity index (χ0n) is 9.57. The van der Waals surface area contributed by atoms with Crippen LogP contribution in [0, 0.1) is 5.92 Å². The van der Waals surface area contributed by atoms with E-state index in [4.69, 9.17) is 5.73 Å². The Hall–Kier alpha value is -1.35. The van der Waals surface area contributed by atoms with E-state index in [1.165, 1.54) is 5.56 Å². The molecule has 1 saturated carbocycles. The number of nitrogens with two attached hydrogens (primary N) is 1. The minimum Gasteiger partial charge on any atom is -0.328 e. The van der Waals surface area contributed by atoms with Crippen LogP contribution in [0.1, 0.15) is 25.3 Å². The normalized spacial score (nSPS) is 23.6. The maximum Gasteiger partial charge on any atom is 0.227 e. The molecule has 3 N–H and O–H groups in total. The molecule has 1 aromatic carbocycles. The molecule has 86 valence electrons. The molecule has 0 aliphatic heterocycles. The van der Waals surface area contributed by atoms with Crippen molar-refractivity contribution in [2.45, 2.75) is 32.2 Å². The quantitative estimate of drug-likeness (QED) is 0.814. The van der Waals surface area contributed by atoms with Gasteiger partial charge in [0.05, 0.1) is 0 Å². The van der Waals surface area contributed by atoms with E-state index in [9.17, 15) is 4.79 Å². The molecule has 1 aromatic rings. The summed E-state index contributed by atoms with van der Waals surface area (Å²) in [4.78, 5) is 11.7. The first-order valence-electron chi connectivity index (χ1n) is 5.84. The van der Waals surface area contributed by atoms with Gasteiger partial charge in [0.1, 0.15) is 0 Å². The Labute approximate surface area is 96.0 Å². The number of carbonyl (C=O) groups excluding carboxylic acids is 1. The van der Waals surface area contributed by atoms with Crippen molar-refractivity contribution in [2.75, 3.05) is 5.32 Å². The standard InChI is InChI=1S/C13H18N2O/c1-2-9-3-5-12(6-4-9)15-13(16)10-7-11(14)8-10/h3-6,10-11H,2,7-8,14H2,1H3,(H,15,16). The van der Waals surface area contributed by atoms with Crippen LogP contribution in [-0.2, 0) is 11.2 Å². The molecule has 0 aromatic heterocycles. The van der Waals surface area contributed by atoms with Crippen molar-refractivity contribution in [1.82, 2.24) is 0 Å². The molecule has 16 heavy (non-hydrogen) atoms. The third-order valence-electron chi connectivity index (χ3n) is 3.18. The van der Waals surface area contributed by atoms with E-state index in [0.717, 1.165) is 24.9 Å². The van der Waals surface area contributed by atoms with Crippen molar-refractivity contribution < 1.29 is 4.79 Å². The molecule has 0 unspecified atom stereocenters. The summed E-state index contributed by atoms with van der Waals surface area (Å²) >= 11 is 0. The number of benzene rings is 1. The SMILES string of the molecule is CCc1ccc(NC(=O)C2CC(N)C2)cc1. The summed E-state index contributed by atoms with van der Waals surface area (Å²) < 4.78 is 0. The summed E-state index contributed by atoms with van der Waals surface area (Å²) in [5.74, 6) is 0.215. The number of aryl methyl sites for hydroxylation is 1. The Morgan fingerprint density at radius 1 is 1.38 bits per heavy atom. The van der Waals surface area contributed by atoms with Crippen LogP contribution in [0.3, 0.4) is 0 Å². The first-order chi connectivity index (χ1) is 7.69. The minimum absolute atomic E-state index is 0.103. The number of hydrogen-bond acceptors (Lipinski definition) is 2. The van der Waals surface area contributed by atoms with E-state index in [1.807, 2.05) is 24.3 Å². The first kappa shape index (κ1) is 11.1. The number of hydrogen-bond donors (Lipinski definition) is 2. The number of amides is 1. The van der Waals surface area contributed by atoms with Crippen LogP contribution in [0.5, 0.6) is 0 Å². The maximum atomic E-state index is 11.7. The molecule has 0 atom stereocenters. The third-order valence-corrected chi connectivity index (χ3v) is 3.18. The smallest absolute Gasteiger partial charge is 0.227 e. The second-order valence-corrected chi connectivity index (χ2v) is 4.47. The van der Waals surface area contributed by atoms with Crippen LogP contribution < -0.4 is 11.1 Å². The highest BCUT2D eigenvalue weighted by atomic mass is 16.1. The predicted octanol–water partition coefficient (Wildman–Crippen LogP) is 1.92. The van der Waals surface area contributed by atoms with Crippen LogP contribution in [0.15, 0.2) is 24.3 Å². The van der Waals surface area contributed by atoms with Gasteiger partial charge >= 0.3 is 0 Å². The summed E-state index contributed by atoms with van der Waals surface area (Å²) in [6, 6.07) is 8.22. The molecule has 0 bridgehead atoms. The van der Waals surface area contributed by atoms with Crippen LogP contribution in [0.2, 0.25) is 0 Å². The molecule has 0 saturated heterocycles. The van der Waals surface area contributed by atoms with Crippen molar-refractivity contribution in [3.63, 3.8) is 0 Å². The maximum absolute atomic E-state index is 11.7. The Balaban J connectivity index is 1.90. The van der Waals surface area contributed by atoms with Gasteiger partial charge in [0.25, 0.3) is 0 Å². The fourth-order valence-corrected chi connectivity index (χ4v) is 1.94. The van der Waals surface area contributed by atoms with Gasteiger partial charge in [0.15, 0.2) is 0 Å². The molecule has 1 amide bonds. The highest BCUT2D eigenvalue weighted by Gasteiger charge is 2.31.